The molecule has 4 atom stereocenters. The summed E-state index contributed by atoms with van der Waals surface area (Å²) in [5.74, 6) is 0. The molecule has 0 saturated carbocycles. The van der Waals surface area contributed by atoms with E-state index in [4.69, 9.17) is 32.9 Å². The Hall–Kier alpha value is 0.154. The molecule has 0 aliphatic carbocycles. The second-order valence-corrected chi connectivity index (χ2v) is 15.3. The van der Waals surface area contributed by atoms with Crippen LogP contribution in [0.3, 0.4) is 0 Å². The van der Waals surface area contributed by atoms with Gasteiger partial charge in [-0.1, -0.05) is 26.7 Å². The smallest absolute Gasteiger partial charge is 0.364 e. The molecule has 0 heterocycles. The van der Waals surface area contributed by atoms with Crippen molar-refractivity contribution in [3.05, 3.63) is 0 Å². The Morgan fingerprint density at radius 1 is 0.724 bits per heavy atom. The Bertz CT molecular complexity index is 409. The molecule has 2 N–H and O–H groups in total. The number of ether oxygens (including phenoxy) is 2. The fourth-order valence-corrected chi connectivity index (χ4v) is 7.15. The zero-order valence-corrected chi connectivity index (χ0v) is 22.7. The van der Waals surface area contributed by atoms with E-state index in [2.05, 4.69) is 13.8 Å². The molecular formula is C20H47NO6Si2. The second-order valence-electron chi connectivity index (χ2n) is 8.33. The van der Waals surface area contributed by atoms with Gasteiger partial charge in [-0.2, -0.15) is 0 Å². The van der Waals surface area contributed by atoms with Crippen LogP contribution in [-0.2, 0) is 27.2 Å². The molecule has 0 aliphatic heterocycles. The summed E-state index contributed by atoms with van der Waals surface area (Å²) in [6, 6.07) is 0. The maximum Gasteiger partial charge on any atom is 0.364 e. The highest BCUT2D eigenvalue weighted by Crippen LogP contribution is 2.28. The van der Waals surface area contributed by atoms with E-state index < -0.39 is 22.7 Å². The minimum absolute atomic E-state index is 0.114. The summed E-state index contributed by atoms with van der Waals surface area (Å²) in [6.45, 7) is 14.3. The third-order valence-corrected chi connectivity index (χ3v) is 12.8. The van der Waals surface area contributed by atoms with Crippen LogP contribution >= 0.6 is 0 Å². The molecule has 0 radical (unpaired) electrons. The highest BCUT2D eigenvalue weighted by atomic mass is 28.4. The van der Waals surface area contributed by atoms with Crippen molar-refractivity contribution >= 4 is 17.1 Å². The van der Waals surface area contributed by atoms with E-state index in [0.717, 1.165) is 25.7 Å². The highest BCUT2D eigenvalue weighted by Gasteiger charge is 2.47. The van der Waals surface area contributed by atoms with Gasteiger partial charge in [-0.25, -0.2) is 0 Å². The van der Waals surface area contributed by atoms with E-state index in [1.165, 1.54) is 0 Å². The Labute approximate surface area is 181 Å². The van der Waals surface area contributed by atoms with Gasteiger partial charge in [0.2, 0.25) is 0 Å². The van der Waals surface area contributed by atoms with Gasteiger partial charge in [-0.15, -0.1) is 0 Å². The second kappa shape index (κ2) is 12.9. The minimum Gasteiger partial charge on any atom is -0.396 e. The first-order valence-electron chi connectivity index (χ1n) is 10.7. The van der Waals surface area contributed by atoms with Gasteiger partial charge in [-0.3, -0.25) is 0 Å². The standard InChI is InChI=1S/C20H47NO6Si2/c1-12-14-18(28(10,22-6)23-7)26-16(3)20(5,21)17(4)27-19(15-13-2)29(11,24-8)25-9/h16-19H,12-15,21H2,1-11H3. The van der Waals surface area contributed by atoms with Crippen LogP contribution in [0.2, 0.25) is 13.1 Å². The largest absolute Gasteiger partial charge is 0.396 e. The zero-order valence-electron chi connectivity index (χ0n) is 20.7. The van der Waals surface area contributed by atoms with Crippen LogP contribution < -0.4 is 5.73 Å². The summed E-state index contributed by atoms with van der Waals surface area (Å²) in [7, 11) is 1.84. The Balaban J connectivity index is 5.45. The number of hydrogen-bond acceptors (Lipinski definition) is 7. The van der Waals surface area contributed by atoms with E-state index in [1.807, 2.05) is 33.9 Å². The molecule has 0 bridgehead atoms. The third-order valence-electron chi connectivity index (χ3n) is 6.38. The van der Waals surface area contributed by atoms with E-state index in [9.17, 15) is 0 Å². The molecule has 0 spiro atoms. The lowest BCUT2D eigenvalue weighted by molar-refractivity contribution is -0.0945. The van der Waals surface area contributed by atoms with Crippen LogP contribution in [0.4, 0.5) is 0 Å². The van der Waals surface area contributed by atoms with Crippen LogP contribution in [-0.4, -0.2) is 74.8 Å². The van der Waals surface area contributed by atoms with Crippen LogP contribution in [0, 0.1) is 0 Å². The first-order valence-corrected chi connectivity index (χ1v) is 15.5. The third kappa shape index (κ3) is 7.66. The van der Waals surface area contributed by atoms with Gasteiger partial charge in [-0.05, 0) is 46.7 Å². The fraction of sp³-hybridized carbons (Fsp3) is 1.00. The zero-order chi connectivity index (χ0) is 22.9. The van der Waals surface area contributed by atoms with Crippen molar-refractivity contribution in [3.8, 4) is 0 Å². The van der Waals surface area contributed by atoms with Crippen molar-refractivity contribution in [2.24, 2.45) is 5.73 Å². The van der Waals surface area contributed by atoms with Gasteiger partial charge in [0.25, 0.3) is 0 Å². The lowest BCUT2D eigenvalue weighted by Crippen LogP contribution is -2.62. The minimum atomic E-state index is -2.46. The fourth-order valence-electron chi connectivity index (χ4n) is 3.24. The number of hydrogen-bond donors (Lipinski definition) is 1. The van der Waals surface area contributed by atoms with Crippen LogP contribution in [0.15, 0.2) is 0 Å². The van der Waals surface area contributed by atoms with Crippen molar-refractivity contribution in [2.45, 2.75) is 103 Å². The predicted molar refractivity (Wildman–Crippen MR) is 122 cm³/mol. The Kier molecular flexibility index (Phi) is 12.9. The molecule has 0 aliphatic rings. The first-order chi connectivity index (χ1) is 13.4. The topological polar surface area (TPSA) is 81.4 Å². The lowest BCUT2D eigenvalue weighted by Gasteiger charge is -2.43. The maximum atomic E-state index is 6.76. The van der Waals surface area contributed by atoms with E-state index in [1.54, 1.807) is 28.4 Å². The first kappa shape index (κ1) is 29.2. The predicted octanol–water partition coefficient (Wildman–Crippen LogP) is 3.66. The summed E-state index contributed by atoms with van der Waals surface area (Å²) in [6.07, 6.45) is 3.15. The molecule has 0 aromatic carbocycles. The number of rotatable bonds is 16. The monoisotopic (exact) mass is 453 g/mol. The van der Waals surface area contributed by atoms with Gasteiger partial charge in [0.1, 0.15) is 11.5 Å². The van der Waals surface area contributed by atoms with Crippen molar-refractivity contribution in [2.75, 3.05) is 28.4 Å². The van der Waals surface area contributed by atoms with E-state index in [-0.39, 0.29) is 23.7 Å². The van der Waals surface area contributed by atoms with Crippen LogP contribution in [0.25, 0.3) is 0 Å². The van der Waals surface area contributed by atoms with Gasteiger partial charge in [0, 0.05) is 28.4 Å². The quantitative estimate of drug-likeness (QED) is 0.357. The molecule has 9 heteroatoms. The molecule has 0 aromatic heterocycles. The molecule has 176 valence electrons. The summed E-state index contributed by atoms with van der Waals surface area (Å²) in [4.78, 5) is 0. The Morgan fingerprint density at radius 3 is 1.21 bits per heavy atom. The average molecular weight is 454 g/mol. The maximum absolute atomic E-state index is 6.76. The van der Waals surface area contributed by atoms with E-state index >= 15 is 0 Å². The van der Waals surface area contributed by atoms with Crippen molar-refractivity contribution in [1.29, 1.82) is 0 Å². The summed E-state index contributed by atoms with van der Waals surface area (Å²) in [5, 5.41) is 0. The molecule has 7 nitrogen and oxygen atoms in total. The average Bonchev–Trinajstić information content (AvgIpc) is 2.71. The summed E-state index contributed by atoms with van der Waals surface area (Å²) < 4.78 is 35.9. The molecule has 0 saturated heterocycles. The molecular weight excluding hydrogens is 406 g/mol. The van der Waals surface area contributed by atoms with Gasteiger partial charge in [0.05, 0.1) is 17.7 Å². The molecule has 0 rings (SSSR count). The molecule has 4 unspecified atom stereocenters. The van der Waals surface area contributed by atoms with Crippen LogP contribution in [0.1, 0.15) is 60.3 Å². The van der Waals surface area contributed by atoms with E-state index in [0.29, 0.717) is 0 Å². The molecule has 0 fully saturated rings. The van der Waals surface area contributed by atoms with Crippen molar-refractivity contribution in [3.63, 3.8) is 0 Å². The normalized spacial score (nSPS) is 19.4. The van der Waals surface area contributed by atoms with Gasteiger partial charge >= 0.3 is 17.1 Å². The highest BCUT2D eigenvalue weighted by molar-refractivity contribution is 6.67. The van der Waals surface area contributed by atoms with Crippen molar-refractivity contribution < 1.29 is 27.2 Å². The summed E-state index contributed by atoms with van der Waals surface area (Å²) >= 11 is 0. The molecule has 0 amide bonds. The van der Waals surface area contributed by atoms with Gasteiger partial charge < -0.3 is 32.9 Å². The lowest BCUT2D eigenvalue weighted by atomic mass is 9.91. The van der Waals surface area contributed by atoms with Gasteiger partial charge in [0.15, 0.2) is 0 Å². The Morgan fingerprint density at radius 2 is 1.00 bits per heavy atom. The van der Waals surface area contributed by atoms with Crippen LogP contribution in [0.5, 0.6) is 0 Å². The van der Waals surface area contributed by atoms with Crippen molar-refractivity contribution in [1.82, 2.24) is 0 Å². The summed E-state index contributed by atoms with van der Waals surface area (Å²) in [5.41, 5.74) is 5.82. The number of nitrogens with two attached hydrogens (primary N) is 1. The molecule has 0 aromatic rings. The SMILES string of the molecule is CCCC(OC(C)C(C)(N)C(C)OC(CCC)[Si](C)(OC)OC)[Si](C)(OC)OC. The molecule has 29 heavy (non-hydrogen) atoms.